The van der Waals surface area contributed by atoms with E-state index in [-0.39, 0.29) is 30.9 Å². The largest absolute Gasteiger partial charge is 0.493 e. The summed E-state index contributed by atoms with van der Waals surface area (Å²) in [6.07, 6.45) is 2.73. The molecule has 176 valence electrons. The maximum atomic E-state index is 12.1. The number of hydrogen-bond acceptors (Lipinski definition) is 8. The maximum Gasteiger partial charge on any atom is 0.303 e. The fourth-order valence-corrected chi connectivity index (χ4v) is 5.42. The van der Waals surface area contributed by atoms with Crippen molar-refractivity contribution in [3.8, 4) is 28.7 Å². The van der Waals surface area contributed by atoms with Crippen LogP contribution in [0, 0.1) is 0 Å². The molecule has 8 nitrogen and oxygen atoms in total. The van der Waals surface area contributed by atoms with Gasteiger partial charge in [-0.05, 0) is 54.8 Å². The van der Waals surface area contributed by atoms with Gasteiger partial charge in [-0.15, -0.1) is 0 Å². The fraction of sp³-hybridized carbons (Fsp3) is 0.480. The molecule has 2 aromatic carbocycles. The summed E-state index contributed by atoms with van der Waals surface area (Å²) in [7, 11) is 4.84. The van der Waals surface area contributed by atoms with E-state index in [4.69, 9.17) is 28.4 Å². The summed E-state index contributed by atoms with van der Waals surface area (Å²) in [5.41, 5.74) is 2.99. The third kappa shape index (κ3) is 3.62. The molecule has 3 aliphatic rings. The van der Waals surface area contributed by atoms with Crippen LogP contribution in [-0.2, 0) is 9.53 Å². The molecule has 0 bridgehead atoms. The zero-order chi connectivity index (χ0) is 23.1. The highest BCUT2D eigenvalue weighted by atomic mass is 16.7. The van der Waals surface area contributed by atoms with Crippen molar-refractivity contribution in [2.45, 2.75) is 44.4 Å². The first-order valence-corrected chi connectivity index (χ1v) is 11.2. The van der Waals surface area contributed by atoms with Crippen molar-refractivity contribution in [1.82, 2.24) is 4.90 Å². The summed E-state index contributed by atoms with van der Waals surface area (Å²) >= 11 is 0. The molecule has 33 heavy (non-hydrogen) atoms. The lowest BCUT2D eigenvalue weighted by Gasteiger charge is -2.49. The van der Waals surface area contributed by atoms with Crippen LogP contribution in [0.15, 0.2) is 24.3 Å². The summed E-state index contributed by atoms with van der Waals surface area (Å²) < 4.78 is 34.1. The SMILES string of the molecule is COc1cc([C@@H]2c3cc4c(cc3[C@@H](OC(C)=O)[C@H]3CCCCN23)OCO4)cc(OC)c1OC. The van der Waals surface area contributed by atoms with Gasteiger partial charge in [0.2, 0.25) is 12.5 Å². The Morgan fingerprint density at radius 2 is 1.61 bits per heavy atom. The first-order valence-electron chi connectivity index (χ1n) is 11.2. The first kappa shape index (κ1) is 21.7. The van der Waals surface area contributed by atoms with Crippen molar-refractivity contribution in [1.29, 1.82) is 0 Å². The van der Waals surface area contributed by atoms with Gasteiger partial charge in [0.15, 0.2) is 23.0 Å². The van der Waals surface area contributed by atoms with E-state index in [0.717, 1.165) is 42.5 Å². The molecular formula is C25H29NO7. The Bertz CT molecular complexity index is 1040. The first-order chi connectivity index (χ1) is 16.0. The fourth-order valence-electron chi connectivity index (χ4n) is 5.42. The average molecular weight is 456 g/mol. The van der Waals surface area contributed by atoms with Crippen molar-refractivity contribution < 1.29 is 33.2 Å². The summed E-state index contributed by atoms with van der Waals surface area (Å²) in [6.45, 7) is 2.53. The Morgan fingerprint density at radius 3 is 2.21 bits per heavy atom. The van der Waals surface area contributed by atoms with Crippen molar-refractivity contribution in [2.24, 2.45) is 0 Å². The minimum Gasteiger partial charge on any atom is -0.493 e. The quantitative estimate of drug-likeness (QED) is 0.627. The Morgan fingerprint density at radius 1 is 0.939 bits per heavy atom. The van der Waals surface area contributed by atoms with Crippen LogP contribution < -0.4 is 23.7 Å². The normalized spacial score (nSPS) is 23.3. The number of rotatable bonds is 5. The molecule has 0 spiro atoms. The lowest BCUT2D eigenvalue weighted by molar-refractivity contribution is -0.153. The lowest BCUT2D eigenvalue weighted by Crippen LogP contribution is -2.50. The molecule has 1 saturated heterocycles. The van der Waals surface area contributed by atoms with Gasteiger partial charge in [-0.1, -0.05) is 6.42 Å². The molecule has 3 aliphatic heterocycles. The zero-order valence-electron chi connectivity index (χ0n) is 19.4. The molecule has 5 rings (SSSR count). The number of nitrogens with zero attached hydrogens (tertiary/aromatic N) is 1. The number of esters is 1. The Labute approximate surface area is 193 Å². The summed E-state index contributed by atoms with van der Waals surface area (Å²) in [4.78, 5) is 14.5. The van der Waals surface area contributed by atoms with Crippen molar-refractivity contribution in [2.75, 3.05) is 34.7 Å². The van der Waals surface area contributed by atoms with Gasteiger partial charge < -0.3 is 28.4 Å². The van der Waals surface area contributed by atoms with E-state index >= 15 is 0 Å². The Hall–Kier alpha value is -3.13. The summed E-state index contributed by atoms with van der Waals surface area (Å²) in [5, 5.41) is 0. The number of ether oxygens (including phenoxy) is 6. The second kappa shape index (κ2) is 8.67. The smallest absolute Gasteiger partial charge is 0.303 e. The summed E-state index contributed by atoms with van der Waals surface area (Å²) in [5.74, 6) is 2.84. The Kier molecular flexibility index (Phi) is 5.70. The second-order valence-corrected chi connectivity index (χ2v) is 8.53. The second-order valence-electron chi connectivity index (χ2n) is 8.53. The standard InChI is InChI=1S/C25H29NO7/c1-14(27)33-24-17-12-20-19(31-13-32-20)11-16(17)23(26-8-6-5-7-18(24)26)15-9-21(28-2)25(30-4)22(10-15)29-3/h9-12,18,23-24H,5-8,13H2,1-4H3/t18-,23-,24-/m1/s1. The zero-order valence-corrected chi connectivity index (χ0v) is 19.4. The van der Waals surface area contributed by atoms with E-state index in [2.05, 4.69) is 4.90 Å². The molecule has 0 aromatic heterocycles. The number of carbonyl (C=O) groups excluding carboxylic acids is 1. The van der Waals surface area contributed by atoms with Crippen LogP contribution in [0.4, 0.5) is 0 Å². The van der Waals surface area contributed by atoms with Crippen LogP contribution in [0.1, 0.15) is 55.0 Å². The molecule has 1 fully saturated rings. The van der Waals surface area contributed by atoms with Gasteiger partial charge >= 0.3 is 5.97 Å². The van der Waals surface area contributed by atoms with Gasteiger partial charge in [0.25, 0.3) is 0 Å². The predicted octanol–water partition coefficient (Wildman–Crippen LogP) is 4.00. The van der Waals surface area contributed by atoms with Crippen LogP contribution in [0.2, 0.25) is 0 Å². The van der Waals surface area contributed by atoms with E-state index in [9.17, 15) is 4.79 Å². The van der Waals surface area contributed by atoms with Crippen LogP contribution >= 0.6 is 0 Å². The molecule has 3 heterocycles. The average Bonchev–Trinajstić information content (AvgIpc) is 3.29. The highest BCUT2D eigenvalue weighted by Crippen LogP contribution is 2.52. The number of fused-ring (bicyclic) bond motifs is 3. The molecule has 0 unspecified atom stereocenters. The van der Waals surface area contributed by atoms with Crippen LogP contribution in [-0.4, -0.2) is 51.6 Å². The number of carbonyl (C=O) groups is 1. The number of methoxy groups -OCH3 is 3. The Balaban J connectivity index is 1.72. The van der Waals surface area contributed by atoms with Crippen LogP contribution in [0.25, 0.3) is 0 Å². The topological polar surface area (TPSA) is 75.7 Å². The van der Waals surface area contributed by atoms with Gasteiger partial charge in [-0.25, -0.2) is 0 Å². The molecule has 0 N–H and O–H groups in total. The number of hydrogen-bond donors (Lipinski definition) is 0. The molecule has 0 aliphatic carbocycles. The van der Waals surface area contributed by atoms with Crippen molar-refractivity contribution in [3.63, 3.8) is 0 Å². The van der Waals surface area contributed by atoms with E-state index in [0.29, 0.717) is 28.7 Å². The third-order valence-electron chi connectivity index (χ3n) is 6.75. The number of piperidine rings is 1. The monoisotopic (exact) mass is 455 g/mol. The van der Waals surface area contributed by atoms with Gasteiger partial charge in [0.05, 0.1) is 33.4 Å². The lowest BCUT2D eigenvalue weighted by atomic mass is 9.79. The van der Waals surface area contributed by atoms with Crippen molar-refractivity contribution in [3.05, 3.63) is 41.0 Å². The van der Waals surface area contributed by atoms with E-state index in [1.54, 1.807) is 21.3 Å². The summed E-state index contributed by atoms with van der Waals surface area (Å²) in [6, 6.07) is 7.95. The highest BCUT2D eigenvalue weighted by molar-refractivity contribution is 5.67. The molecule has 0 amide bonds. The van der Waals surface area contributed by atoms with Gasteiger partial charge in [-0.2, -0.15) is 0 Å². The third-order valence-corrected chi connectivity index (χ3v) is 6.75. The van der Waals surface area contributed by atoms with E-state index in [1.165, 1.54) is 6.92 Å². The minimum atomic E-state index is -0.370. The van der Waals surface area contributed by atoms with Gasteiger partial charge in [0.1, 0.15) is 6.10 Å². The maximum absolute atomic E-state index is 12.1. The predicted molar refractivity (Wildman–Crippen MR) is 119 cm³/mol. The van der Waals surface area contributed by atoms with E-state index in [1.807, 2.05) is 24.3 Å². The van der Waals surface area contributed by atoms with Crippen LogP contribution in [0.3, 0.4) is 0 Å². The minimum absolute atomic E-state index is 0.0552. The molecular weight excluding hydrogens is 426 g/mol. The molecule has 8 heteroatoms. The van der Waals surface area contributed by atoms with Crippen molar-refractivity contribution >= 4 is 5.97 Å². The molecule has 0 saturated carbocycles. The van der Waals surface area contributed by atoms with E-state index < -0.39 is 0 Å². The van der Waals surface area contributed by atoms with Gasteiger partial charge in [-0.3, -0.25) is 9.69 Å². The highest BCUT2D eigenvalue weighted by Gasteiger charge is 2.45. The van der Waals surface area contributed by atoms with Gasteiger partial charge in [0, 0.05) is 12.5 Å². The van der Waals surface area contributed by atoms with Crippen LogP contribution in [0.5, 0.6) is 28.7 Å². The number of benzene rings is 2. The molecule has 2 aromatic rings. The molecule has 3 atom stereocenters. The molecule has 0 radical (unpaired) electrons.